The van der Waals surface area contributed by atoms with Crippen molar-refractivity contribution in [1.82, 2.24) is 4.90 Å². The Hall–Kier alpha value is -0.650. The third-order valence-corrected chi connectivity index (χ3v) is 5.61. The van der Waals surface area contributed by atoms with Crippen LogP contribution in [0.2, 0.25) is 0 Å². The van der Waals surface area contributed by atoms with E-state index in [2.05, 4.69) is 20.8 Å². The molecule has 1 aliphatic carbocycles. The summed E-state index contributed by atoms with van der Waals surface area (Å²) in [4.78, 5) is 13.1. The highest BCUT2D eigenvalue weighted by Gasteiger charge is 2.72. The lowest BCUT2D eigenvalue weighted by molar-refractivity contribution is -0.473. The zero-order chi connectivity index (χ0) is 13.6. The molecule has 5 aliphatic rings. The maximum absolute atomic E-state index is 11.1. The molecule has 6 bridgehead atoms. The van der Waals surface area contributed by atoms with Crippen molar-refractivity contribution >= 4 is 5.97 Å². The number of carboxylic acid groups (broad SMARTS) is 1. The van der Waals surface area contributed by atoms with E-state index in [9.17, 15) is 4.79 Å². The number of aliphatic carboxylic acids is 1. The smallest absolute Gasteiger partial charge is 0.317 e. The first-order chi connectivity index (χ1) is 8.76. The van der Waals surface area contributed by atoms with Gasteiger partial charge in [-0.3, -0.25) is 4.79 Å². The predicted octanol–water partition coefficient (Wildman–Crippen LogP) is 1.63. The minimum Gasteiger partial charge on any atom is -0.480 e. The molecule has 5 heteroatoms. The van der Waals surface area contributed by atoms with Crippen LogP contribution in [0.15, 0.2) is 0 Å². The van der Waals surface area contributed by atoms with E-state index in [1.165, 1.54) is 0 Å². The topological polar surface area (TPSA) is 59.0 Å². The fourth-order valence-corrected chi connectivity index (χ4v) is 5.80. The molecule has 0 spiro atoms. The van der Waals surface area contributed by atoms with Crippen LogP contribution in [0.3, 0.4) is 0 Å². The van der Waals surface area contributed by atoms with E-state index in [1.807, 2.05) is 4.90 Å². The molecule has 1 saturated carbocycles. The number of carboxylic acids is 1. The summed E-state index contributed by atoms with van der Waals surface area (Å²) in [6, 6.07) is 0. The summed E-state index contributed by atoms with van der Waals surface area (Å²) >= 11 is 0. The van der Waals surface area contributed by atoms with Crippen LogP contribution in [-0.4, -0.2) is 41.3 Å². The Kier molecular flexibility index (Phi) is 2.01. The summed E-state index contributed by atoms with van der Waals surface area (Å²) < 4.78 is 12.2. The maximum atomic E-state index is 11.1. The minimum atomic E-state index is -0.809. The SMILES string of the molecule is CC12C[C@@]3(C)C[C@@](C)(C1)[C@H]1OC2O[C@@H]3N1CC(=O)O. The molecule has 5 nitrogen and oxygen atoms in total. The second-order valence-electron chi connectivity index (χ2n) is 7.87. The second kappa shape index (κ2) is 3.15. The summed E-state index contributed by atoms with van der Waals surface area (Å²) in [7, 11) is 0. The first-order valence-electron chi connectivity index (χ1n) is 7.04. The zero-order valence-electron chi connectivity index (χ0n) is 11.7. The van der Waals surface area contributed by atoms with Gasteiger partial charge in [0.25, 0.3) is 0 Å². The quantitative estimate of drug-likeness (QED) is 0.824. The standard InChI is InChI=1S/C14H21NO4/c1-12-5-13(2)7-14(3,6-12)11-18-9(12)15(4-8(16)17)10(13)19-11/h9-11H,4-7H2,1-3H3,(H,16,17)/t9-,10+,11?,12+,13-,14?. The summed E-state index contributed by atoms with van der Waals surface area (Å²) in [5, 5.41) is 9.16. The van der Waals surface area contributed by atoms with Gasteiger partial charge in [0.05, 0.1) is 0 Å². The number of nitrogens with zero attached hydrogens (tertiary/aromatic N) is 1. The Morgan fingerprint density at radius 3 is 2.05 bits per heavy atom. The van der Waals surface area contributed by atoms with Crippen LogP contribution in [0.4, 0.5) is 0 Å². The van der Waals surface area contributed by atoms with Crippen molar-refractivity contribution in [3.63, 3.8) is 0 Å². The van der Waals surface area contributed by atoms with Gasteiger partial charge in [-0.2, -0.15) is 0 Å². The fraction of sp³-hybridized carbons (Fsp3) is 0.929. The largest absolute Gasteiger partial charge is 0.480 e. The average Bonchev–Trinajstić information content (AvgIpc) is 2.23. The van der Waals surface area contributed by atoms with Crippen LogP contribution in [0.5, 0.6) is 0 Å². The number of piperidine rings is 1. The van der Waals surface area contributed by atoms with Crippen molar-refractivity contribution in [2.75, 3.05) is 6.54 Å². The molecule has 0 amide bonds. The average molecular weight is 267 g/mol. The summed E-state index contributed by atoms with van der Waals surface area (Å²) in [6.07, 6.45) is 2.83. The lowest BCUT2D eigenvalue weighted by atomic mass is 9.48. The highest BCUT2D eigenvalue weighted by Crippen LogP contribution is 2.69. The van der Waals surface area contributed by atoms with E-state index in [1.54, 1.807) is 0 Å². The van der Waals surface area contributed by atoms with Gasteiger partial charge in [-0.25, -0.2) is 4.90 Å². The molecule has 2 unspecified atom stereocenters. The molecular formula is C14H21NO4. The van der Waals surface area contributed by atoms with Crippen LogP contribution in [0.25, 0.3) is 0 Å². The Morgan fingerprint density at radius 2 is 1.58 bits per heavy atom. The normalized spacial score (nSPS) is 58.8. The van der Waals surface area contributed by atoms with Gasteiger partial charge in [-0.15, -0.1) is 0 Å². The van der Waals surface area contributed by atoms with Crippen molar-refractivity contribution in [2.24, 2.45) is 16.2 Å². The van der Waals surface area contributed by atoms with Crippen LogP contribution >= 0.6 is 0 Å². The first kappa shape index (κ1) is 12.1. The predicted molar refractivity (Wildman–Crippen MR) is 66.0 cm³/mol. The molecule has 0 radical (unpaired) electrons. The second-order valence-corrected chi connectivity index (χ2v) is 7.87. The number of rotatable bonds is 2. The lowest BCUT2D eigenvalue weighted by Crippen LogP contribution is -2.79. The van der Waals surface area contributed by atoms with Gasteiger partial charge < -0.3 is 14.6 Å². The van der Waals surface area contributed by atoms with E-state index in [-0.39, 0.29) is 41.5 Å². The summed E-state index contributed by atoms with van der Waals surface area (Å²) in [5.74, 6) is -0.809. The number of hydrogen-bond donors (Lipinski definition) is 1. The van der Waals surface area contributed by atoms with Crippen molar-refractivity contribution in [2.45, 2.75) is 58.8 Å². The van der Waals surface area contributed by atoms with E-state index in [4.69, 9.17) is 14.6 Å². The van der Waals surface area contributed by atoms with Crippen LogP contribution in [-0.2, 0) is 14.3 Å². The number of ether oxygens (including phenoxy) is 2. The van der Waals surface area contributed by atoms with E-state index >= 15 is 0 Å². The summed E-state index contributed by atoms with van der Waals surface area (Å²) in [6.45, 7) is 6.76. The molecule has 106 valence electrons. The van der Waals surface area contributed by atoms with Crippen LogP contribution < -0.4 is 0 Å². The molecule has 0 aromatic carbocycles. The van der Waals surface area contributed by atoms with Crippen molar-refractivity contribution in [3.05, 3.63) is 0 Å². The van der Waals surface area contributed by atoms with Crippen molar-refractivity contribution in [1.29, 1.82) is 0 Å². The third-order valence-electron chi connectivity index (χ3n) is 5.61. The number of hydrogen-bond acceptors (Lipinski definition) is 4. The Morgan fingerprint density at radius 1 is 1.11 bits per heavy atom. The van der Waals surface area contributed by atoms with Crippen LogP contribution in [0, 0.1) is 16.2 Å². The minimum absolute atomic E-state index is 0.00392. The van der Waals surface area contributed by atoms with Crippen molar-refractivity contribution in [3.8, 4) is 0 Å². The molecular weight excluding hydrogens is 246 g/mol. The molecule has 4 saturated heterocycles. The van der Waals surface area contributed by atoms with Gasteiger partial charge in [-0.1, -0.05) is 20.8 Å². The van der Waals surface area contributed by atoms with E-state index in [0.29, 0.717) is 0 Å². The highest BCUT2D eigenvalue weighted by molar-refractivity contribution is 5.69. The summed E-state index contributed by atoms with van der Waals surface area (Å²) in [5.41, 5.74) is 0.187. The fourth-order valence-electron chi connectivity index (χ4n) is 5.80. The molecule has 0 aromatic heterocycles. The third kappa shape index (κ3) is 1.33. The molecule has 0 aromatic rings. The Balaban J connectivity index is 1.81. The lowest BCUT2D eigenvalue weighted by Gasteiger charge is -2.73. The van der Waals surface area contributed by atoms with Gasteiger partial charge in [0.15, 0.2) is 6.29 Å². The molecule has 6 atom stereocenters. The molecule has 1 N–H and O–H groups in total. The first-order valence-corrected chi connectivity index (χ1v) is 7.04. The van der Waals surface area contributed by atoms with Gasteiger partial charge in [0.2, 0.25) is 0 Å². The molecule has 4 heterocycles. The zero-order valence-corrected chi connectivity index (χ0v) is 11.7. The Bertz CT molecular complexity index is 430. The highest BCUT2D eigenvalue weighted by atomic mass is 16.7. The maximum Gasteiger partial charge on any atom is 0.317 e. The van der Waals surface area contributed by atoms with E-state index in [0.717, 1.165) is 19.3 Å². The van der Waals surface area contributed by atoms with Gasteiger partial charge in [0, 0.05) is 16.2 Å². The molecule has 5 fully saturated rings. The van der Waals surface area contributed by atoms with Gasteiger partial charge >= 0.3 is 5.97 Å². The molecule has 19 heavy (non-hydrogen) atoms. The van der Waals surface area contributed by atoms with Gasteiger partial charge in [0.1, 0.15) is 19.0 Å². The van der Waals surface area contributed by atoms with Crippen LogP contribution in [0.1, 0.15) is 40.0 Å². The Labute approximate surface area is 112 Å². The number of carbonyl (C=O) groups is 1. The van der Waals surface area contributed by atoms with E-state index < -0.39 is 5.97 Å². The molecule has 5 rings (SSSR count). The monoisotopic (exact) mass is 267 g/mol. The van der Waals surface area contributed by atoms with Crippen molar-refractivity contribution < 1.29 is 19.4 Å². The van der Waals surface area contributed by atoms with Gasteiger partial charge in [-0.05, 0) is 19.3 Å². The molecule has 4 aliphatic heterocycles.